The number of fused-ring (bicyclic) bond motifs is 1. The number of hydrogen-bond acceptors (Lipinski definition) is 5. The number of benzene rings is 1. The predicted molar refractivity (Wildman–Crippen MR) is 116 cm³/mol. The molecule has 3 aromatic heterocycles. The van der Waals surface area contributed by atoms with Gasteiger partial charge in [-0.3, -0.25) is 14.6 Å². The molecule has 9 heteroatoms. The van der Waals surface area contributed by atoms with Gasteiger partial charge < -0.3 is 9.73 Å². The van der Waals surface area contributed by atoms with Gasteiger partial charge in [0.1, 0.15) is 11.5 Å². The second-order valence-corrected chi connectivity index (χ2v) is 7.72. The van der Waals surface area contributed by atoms with E-state index in [1.807, 2.05) is 0 Å². The number of H-pyrrole nitrogens is 1. The number of carbonyl (C=O) groups is 1. The quantitative estimate of drug-likeness (QED) is 0.504. The third-order valence-electron chi connectivity index (χ3n) is 5.21. The van der Waals surface area contributed by atoms with Crippen LogP contribution in [0.25, 0.3) is 17.4 Å². The monoisotopic (exact) mass is 435 g/mol. The van der Waals surface area contributed by atoms with E-state index in [0.717, 1.165) is 36.9 Å². The zero-order valence-corrected chi connectivity index (χ0v) is 17.1. The number of anilines is 1. The minimum Gasteiger partial charge on any atom is -0.463 e. The average Bonchev–Trinajstić information content (AvgIpc) is 3.44. The molecule has 0 radical (unpaired) electrons. The third kappa shape index (κ3) is 3.77. The fourth-order valence-electron chi connectivity index (χ4n) is 3.66. The summed E-state index contributed by atoms with van der Waals surface area (Å²) < 4.78 is 6.86. The van der Waals surface area contributed by atoms with Crippen molar-refractivity contribution < 1.29 is 9.21 Å². The minimum atomic E-state index is -0.343. The number of halogens is 1. The highest BCUT2D eigenvalue weighted by molar-refractivity contribution is 6.30. The van der Waals surface area contributed by atoms with Crippen molar-refractivity contribution in [2.24, 2.45) is 0 Å². The first-order valence-corrected chi connectivity index (χ1v) is 10.3. The van der Waals surface area contributed by atoms with E-state index >= 15 is 0 Å². The molecule has 0 saturated carbocycles. The van der Waals surface area contributed by atoms with Crippen molar-refractivity contribution in [2.75, 3.05) is 5.32 Å². The molecule has 0 saturated heterocycles. The summed E-state index contributed by atoms with van der Waals surface area (Å²) in [5, 5.41) is 7.91. The highest BCUT2D eigenvalue weighted by Gasteiger charge is 2.21. The molecule has 1 aliphatic carbocycles. The summed E-state index contributed by atoms with van der Waals surface area (Å²) in [6, 6.07) is 11.7. The molecule has 0 aliphatic heterocycles. The molecular formula is C22H18ClN5O3. The summed E-state index contributed by atoms with van der Waals surface area (Å²) in [6.45, 7) is 0. The zero-order chi connectivity index (χ0) is 21.4. The van der Waals surface area contributed by atoms with Gasteiger partial charge >= 0.3 is 0 Å². The summed E-state index contributed by atoms with van der Waals surface area (Å²) in [7, 11) is 0. The first kappa shape index (κ1) is 19.3. The van der Waals surface area contributed by atoms with Gasteiger partial charge in [-0.2, -0.15) is 9.78 Å². The van der Waals surface area contributed by atoms with Crippen LogP contribution in [0, 0.1) is 0 Å². The van der Waals surface area contributed by atoms with Crippen molar-refractivity contribution in [1.82, 2.24) is 19.7 Å². The van der Waals surface area contributed by atoms with Crippen molar-refractivity contribution in [3.63, 3.8) is 0 Å². The summed E-state index contributed by atoms with van der Waals surface area (Å²) >= 11 is 5.92. The van der Waals surface area contributed by atoms with Gasteiger partial charge in [-0.05, 0) is 62.1 Å². The van der Waals surface area contributed by atoms with Gasteiger partial charge in [0.15, 0.2) is 5.76 Å². The van der Waals surface area contributed by atoms with Crippen LogP contribution in [0.15, 0.2) is 57.9 Å². The maximum Gasteiger partial charge on any atom is 0.256 e. The van der Waals surface area contributed by atoms with E-state index in [9.17, 15) is 9.59 Å². The lowest BCUT2D eigenvalue weighted by molar-refractivity contribution is 0.102. The molecule has 8 nitrogen and oxygen atoms in total. The van der Waals surface area contributed by atoms with Gasteiger partial charge in [-0.1, -0.05) is 11.6 Å². The Bertz CT molecular complexity index is 1310. The Morgan fingerprint density at radius 3 is 2.74 bits per heavy atom. The first-order chi connectivity index (χ1) is 15.1. The molecule has 31 heavy (non-hydrogen) atoms. The highest BCUT2D eigenvalue weighted by atomic mass is 35.5. The Kier molecular flexibility index (Phi) is 4.91. The number of aromatic amines is 1. The highest BCUT2D eigenvalue weighted by Crippen LogP contribution is 2.25. The Hall–Kier alpha value is -3.65. The van der Waals surface area contributed by atoms with Gasteiger partial charge in [-0.15, -0.1) is 0 Å². The normalized spacial score (nSPS) is 13.1. The Morgan fingerprint density at radius 2 is 1.97 bits per heavy atom. The topological polar surface area (TPSA) is 106 Å². The number of aromatic nitrogens is 4. The molecule has 1 aromatic carbocycles. The van der Waals surface area contributed by atoms with Crippen LogP contribution in [0.4, 0.5) is 5.82 Å². The molecule has 1 aliphatic rings. The summed E-state index contributed by atoms with van der Waals surface area (Å²) in [4.78, 5) is 32.9. The van der Waals surface area contributed by atoms with Gasteiger partial charge in [0.2, 0.25) is 5.95 Å². The molecule has 0 bridgehead atoms. The number of nitrogens with zero attached hydrogens (tertiary/aromatic N) is 3. The second-order valence-electron chi connectivity index (χ2n) is 7.29. The van der Waals surface area contributed by atoms with Crippen molar-refractivity contribution in [3.8, 4) is 17.4 Å². The predicted octanol–water partition coefficient (Wildman–Crippen LogP) is 4.00. The lowest BCUT2D eigenvalue weighted by atomic mass is 9.97. The molecule has 0 unspecified atom stereocenters. The van der Waals surface area contributed by atoms with Crippen LogP contribution in [0.2, 0.25) is 5.02 Å². The maximum atomic E-state index is 12.8. The van der Waals surface area contributed by atoms with Gasteiger partial charge in [0, 0.05) is 22.2 Å². The second kappa shape index (κ2) is 7.88. The molecule has 0 spiro atoms. The smallest absolute Gasteiger partial charge is 0.256 e. The van der Waals surface area contributed by atoms with Crippen LogP contribution in [-0.2, 0) is 12.8 Å². The van der Waals surface area contributed by atoms with Gasteiger partial charge in [0.05, 0.1) is 12.0 Å². The van der Waals surface area contributed by atoms with E-state index in [2.05, 4.69) is 20.4 Å². The van der Waals surface area contributed by atoms with E-state index in [1.165, 1.54) is 4.68 Å². The van der Waals surface area contributed by atoms with E-state index in [-0.39, 0.29) is 17.4 Å². The van der Waals surface area contributed by atoms with Crippen LogP contribution in [-0.4, -0.2) is 25.7 Å². The Morgan fingerprint density at radius 1 is 1.16 bits per heavy atom. The van der Waals surface area contributed by atoms with Crippen LogP contribution in [0.1, 0.15) is 34.5 Å². The largest absolute Gasteiger partial charge is 0.463 e. The van der Waals surface area contributed by atoms with Crippen LogP contribution in [0.3, 0.4) is 0 Å². The molecule has 4 aromatic rings. The van der Waals surface area contributed by atoms with E-state index < -0.39 is 0 Å². The molecule has 5 rings (SSSR count). The lowest BCUT2D eigenvalue weighted by Gasteiger charge is -2.15. The fraction of sp³-hybridized carbons (Fsp3) is 0.182. The number of aryl methyl sites for hydroxylation is 1. The van der Waals surface area contributed by atoms with E-state index in [0.29, 0.717) is 27.9 Å². The Labute approximate surface area is 181 Å². The third-order valence-corrected chi connectivity index (χ3v) is 5.46. The van der Waals surface area contributed by atoms with Crippen LogP contribution < -0.4 is 10.9 Å². The average molecular weight is 436 g/mol. The summed E-state index contributed by atoms with van der Waals surface area (Å²) in [5.74, 6) is 0.783. The van der Waals surface area contributed by atoms with Gasteiger partial charge in [-0.25, -0.2) is 4.98 Å². The fourth-order valence-corrected chi connectivity index (χ4v) is 3.78. The number of amides is 1. The molecule has 0 atom stereocenters. The maximum absolute atomic E-state index is 12.8. The summed E-state index contributed by atoms with van der Waals surface area (Å²) in [6.07, 6.45) is 4.96. The summed E-state index contributed by atoms with van der Waals surface area (Å²) in [5.41, 5.74) is 2.25. The number of furan rings is 1. The Balaban J connectivity index is 1.58. The van der Waals surface area contributed by atoms with E-state index in [4.69, 9.17) is 16.0 Å². The molecule has 156 valence electrons. The number of nitrogens with one attached hydrogen (secondary N) is 2. The lowest BCUT2D eigenvalue weighted by Crippen LogP contribution is -2.24. The first-order valence-electron chi connectivity index (χ1n) is 9.92. The molecule has 3 heterocycles. The van der Waals surface area contributed by atoms with Crippen LogP contribution in [0.5, 0.6) is 0 Å². The molecular weight excluding hydrogens is 418 g/mol. The molecule has 1 amide bonds. The van der Waals surface area contributed by atoms with Crippen molar-refractivity contribution in [3.05, 3.63) is 80.9 Å². The standard InChI is InChI=1S/C22H18ClN5O3/c23-14-9-7-13(8-10-14)20(29)25-19-12-17(18-6-3-11-31-18)27-28(19)22-24-16-5-2-1-4-15(16)21(30)26-22/h3,6-12H,1-2,4-5H2,(H,25,29)(H,24,26,30). The number of rotatable bonds is 4. The number of hydrogen-bond donors (Lipinski definition) is 2. The SMILES string of the molecule is O=C(Nc1cc(-c2ccco2)nn1-c1nc2c(c(=O)[nH]1)CCCC2)c1ccc(Cl)cc1. The van der Waals surface area contributed by atoms with Crippen molar-refractivity contribution in [2.45, 2.75) is 25.7 Å². The van der Waals surface area contributed by atoms with Crippen LogP contribution >= 0.6 is 11.6 Å². The van der Waals surface area contributed by atoms with E-state index in [1.54, 1.807) is 48.7 Å². The number of carbonyl (C=O) groups excluding carboxylic acids is 1. The molecule has 2 N–H and O–H groups in total. The van der Waals surface area contributed by atoms with Crippen molar-refractivity contribution >= 4 is 23.3 Å². The zero-order valence-electron chi connectivity index (χ0n) is 16.4. The van der Waals surface area contributed by atoms with Gasteiger partial charge in [0.25, 0.3) is 11.5 Å². The van der Waals surface area contributed by atoms with Crippen molar-refractivity contribution in [1.29, 1.82) is 0 Å². The molecule has 0 fully saturated rings. The minimum absolute atomic E-state index is 0.176.